The lowest BCUT2D eigenvalue weighted by molar-refractivity contribution is 0.271. The maximum Gasteiger partial charge on any atom is 0.257 e. The van der Waals surface area contributed by atoms with Crippen molar-refractivity contribution in [2.75, 3.05) is 56.7 Å². The van der Waals surface area contributed by atoms with Crippen LogP contribution in [0.15, 0.2) is 12.4 Å². The van der Waals surface area contributed by atoms with Crippen LogP contribution < -0.4 is 9.64 Å². The summed E-state index contributed by atoms with van der Waals surface area (Å²) in [7, 11) is 1.64. The highest BCUT2D eigenvalue weighted by atomic mass is 32.2. The SMILES string of the molecule is COc1nccnc1N1CCN(CCSC)CC1. The second kappa shape index (κ2) is 6.80. The molecule has 0 N–H and O–H groups in total. The Morgan fingerprint density at radius 1 is 1.22 bits per heavy atom. The highest BCUT2D eigenvalue weighted by Crippen LogP contribution is 2.22. The largest absolute Gasteiger partial charge is 0.478 e. The normalized spacial score (nSPS) is 16.9. The number of aromatic nitrogens is 2. The van der Waals surface area contributed by atoms with E-state index in [2.05, 4.69) is 26.0 Å². The van der Waals surface area contributed by atoms with Gasteiger partial charge in [0, 0.05) is 50.9 Å². The number of nitrogens with zero attached hydrogens (tertiary/aromatic N) is 4. The van der Waals surface area contributed by atoms with Crippen LogP contribution in [0.2, 0.25) is 0 Å². The van der Waals surface area contributed by atoms with Gasteiger partial charge in [0.15, 0.2) is 5.82 Å². The molecule has 1 aromatic heterocycles. The minimum absolute atomic E-state index is 0.620. The van der Waals surface area contributed by atoms with Crippen LogP contribution in [-0.2, 0) is 0 Å². The van der Waals surface area contributed by atoms with Gasteiger partial charge >= 0.3 is 0 Å². The van der Waals surface area contributed by atoms with Crippen molar-refractivity contribution < 1.29 is 4.74 Å². The zero-order chi connectivity index (χ0) is 12.8. The molecule has 2 heterocycles. The Hall–Kier alpha value is -1.01. The molecule has 100 valence electrons. The van der Waals surface area contributed by atoms with Crippen molar-refractivity contribution in [3.05, 3.63) is 12.4 Å². The van der Waals surface area contributed by atoms with Gasteiger partial charge in [0.25, 0.3) is 5.88 Å². The topological polar surface area (TPSA) is 41.5 Å². The number of methoxy groups -OCH3 is 1. The predicted molar refractivity (Wildman–Crippen MR) is 75.6 cm³/mol. The Labute approximate surface area is 113 Å². The molecule has 1 aliphatic rings. The number of hydrogen-bond donors (Lipinski definition) is 0. The van der Waals surface area contributed by atoms with E-state index in [1.807, 2.05) is 11.8 Å². The first-order valence-electron chi connectivity index (χ1n) is 6.16. The molecule has 0 spiro atoms. The van der Waals surface area contributed by atoms with Gasteiger partial charge in [-0.1, -0.05) is 0 Å². The molecule has 0 saturated carbocycles. The van der Waals surface area contributed by atoms with Crippen LogP contribution in [0, 0.1) is 0 Å². The molecule has 5 nitrogen and oxygen atoms in total. The van der Waals surface area contributed by atoms with Gasteiger partial charge in [-0.2, -0.15) is 11.8 Å². The number of rotatable bonds is 5. The van der Waals surface area contributed by atoms with Gasteiger partial charge in [0.05, 0.1) is 7.11 Å². The standard InChI is InChI=1S/C12H20N4OS/c1-17-12-11(13-3-4-14-12)16-7-5-15(6-8-16)9-10-18-2/h3-4H,5-10H2,1-2H3. The average molecular weight is 268 g/mol. The molecule has 0 aromatic carbocycles. The van der Waals surface area contributed by atoms with E-state index >= 15 is 0 Å². The fourth-order valence-corrected chi connectivity index (χ4v) is 2.52. The first-order valence-corrected chi connectivity index (χ1v) is 7.55. The van der Waals surface area contributed by atoms with Gasteiger partial charge in [-0.25, -0.2) is 9.97 Å². The lowest BCUT2D eigenvalue weighted by atomic mass is 10.3. The summed E-state index contributed by atoms with van der Waals surface area (Å²) >= 11 is 1.90. The third-order valence-electron chi connectivity index (χ3n) is 3.12. The molecule has 0 radical (unpaired) electrons. The molecule has 0 amide bonds. The Morgan fingerprint density at radius 3 is 2.61 bits per heavy atom. The number of piperazine rings is 1. The monoisotopic (exact) mass is 268 g/mol. The van der Waals surface area contributed by atoms with E-state index < -0.39 is 0 Å². The minimum atomic E-state index is 0.620. The summed E-state index contributed by atoms with van der Waals surface area (Å²) < 4.78 is 5.26. The van der Waals surface area contributed by atoms with Gasteiger partial charge in [0.2, 0.25) is 0 Å². The Balaban J connectivity index is 1.92. The molecular weight excluding hydrogens is 248 g/mol. The molecule has 6 heteroatoms. The maximum atomic E-state index is 5.26. The van der Waals surface area contributed by atoms with Crippen LogP contribution in [0.25, 0.3) is 0 Å². The molecule has 0 atom stereocenters. The zero-order valence-electron chi connectivity index (χ0n) is 11.0. The molecule has 2 rings (SSSR count). The van der Waals surface area contributed by atoms with Crippen LogP contribution >= 0.6 is 11.8 Å². The Kier molecular flexibility index (Phi) is 5.07. The summed E-state index contributed by atoms with van der Waals surface area (Å²) in [5.74, 6) is 2.69. The smallest absolute Gasteiger partial charge is 0.257 e. The van der Waals surface area contributed by atoms with Gasteiger partial charge in [0.1, 0.15) is 0 Å². The lowest BCUT2D eigenvalue weighted by Crippen LogP contribution is -2.47. The molecule has 1 aliphatic heterocycles. The van der Waals surface area contributed by atoms with Crippen LogP contribution in [0.3, 0.4) is 0 Å². The molecule has 1 aromatic rings. The molecule has 0 unspecified atom stereocenters. The Bertz CT molecular complexity index is 369. The van der Waals surface area contributed by atoms with E-state index in [0.29, 0.717) is 5.88 Å². The highest BCUT2D eigenvalue weighted by molar-refractivity contribution is 7.98. The second-order valence-corrected chi connectivity index (χ2v) is 5.20. The van der Waals surface area contributed by atoms with Crippen LogP contribution in [-0.4, -0.2) is 66.7 Å². The van der Waals surface area contributed by atoms with Gasteiger partial charge in [-0.05, 0) is 6.26 Å². The zero-order valence-corrected chi connectivity index (χ0v) is 11.8. The number of thioether (sulfide) groups is 1. The first-order chi connectivity index (χ1) is 8.85. The minimum Gasteiger partial charge on any atom is -0.478 e. The third kappa shape index (κ3) is 3.26. The number of hydrogen-bond acceptors (Lipinski definition) is 6. The maximum absolute atomic E-state index is 5.26. The quantitative estimate of drug-likeness (QED) is 0.792. The number of anilines is 1. The fraction of sp³-hybridized carbons (Fsp3) is 0.667. The summed E-state index contributed by atoms with van der Waals surface area (Å²) in [6.07, 6.45) is 5.54. The molecule has 0 bridgehead atoms. The van der Waals surface area contributed by atoms with E-state index in [0.717, 1.165) is 32.0 Å². The number of ether oxygens (including phenoxy) is 1. The molecular formula is C12H20N4OS. The van der Waals surface area contributed by atoms with E-state index in [1.54, 1.807) is 19.5 Å². The summed E-state index contributed by atoms with van der Waals surface area (Å²) in [6.45, 7) is 5.32. The van der Waals surface area contributed by atoms with E-state index in [-0.39, 0.29) is 0 Å². The van der Waals surface area contributed by atoms with Crippen LogP contribution in [0.5, 0.6) is 5.88 Å². The summed E-state index contributed by atoms with van der Waals surface area (Å²) in [5.41, 5.74) is 0. The van der Waals surface area contributed by atoms with Crippen molar-refractivity contribution >= 4 is 17.6 Å². The highest BCUT2D eigenvalue weighted by Gasteiger charge is 2.20. The summed E-state index contributed by atoms with van der Waals surface area (Å²) in [6, 6.07) is 0. The average Bonchev–Trinajstić information content (AvgIpc) is 2.45. The Morgan fingerprint density at radius 2 is 1.94 bits per heavy atom. The van der Waals surface area contributed by atoms with Crippen molar-refractivity contribution in [3.8, 4) is 5.88 Å². The second-order valence-electron chi connectivity index (χ2n) is 4.21. The predicted octanol–water partition coefficient (Wildman–Crippen LogP) is 0.970. The third-order valence-corrected chi connectivity index (χ3v) is 3.71. The molecule has 0 aliphatic carbocycles. The van der Waals surface area contributed by atoms with Gasteiger partial charge < -0.3 is 9.64 Å². The fourth-order valence-electron chi connectivity index (χ4n) is 2.08. The summed E-state index contributed by atoms with van der Waals surface area (Å²) in [4.78, 5) is 13.3. The van der Waals surface area contributed by atoms with Crippen molar-refractivity contribution in [3.63, 3.8) is 0 Å². The van der Waals surface area contributed by atoms with E-state index in [4.69, 9.17) is 4.74 Å². The van der Waals surface area contributed by atoms with E-state index in [1.165, 1.54) is 12.3 Å². The van der Waals surface area contributed by atoms with Crippen LogP contribution in [0.4, 0.5) is 5.82 Å². The first kappa shape index (κ1) is 13.4. The van der Waals surface area contributed by atoms with E-state index in [9.17, 15) is 0 Å². The molecule has 1 saturated heterocycles. The summed E-state index contributed by atoms with van der Waals surface area (Å²) in [5, 5.41) is 0. The van der Waals surface area contributed by atoms with Gasteiger partial charge in [-0.15, -0.1) is 0 Å². The van der Waals surface area contributed by atoms with Crippen LogP contribution in [0.1, 0.15) is 0 Å². The molecule has 18 heavy (non-hydrogen) atoms. The van der Waals surface area contributed by atoms with Crippen molar-refractivity contribution in [2.24, 2.45) is 0 Å². The van der Waals surface area contributed by atoms with Gasteiger partial charge in [-0.3, -0.25) is 4.90 Å². The van der Waals surface area contributed by atoms with Crippen molar-refractivity contribution in [1.29, 1.82) is 0 Å². The lowest BCUT2D eigenvalue weighted by Gasteiger charge is -2.35. The van der Waals surface area contributed by atoms with Crippen molar-refractivity contribution in [1.82, 2.24) is 14.9 Å². The molecule has 1 fully saturated rings. The van der Waals surface area contributed by atoms with Crippen molar-refractivity contribution in [2.45, 2.75) is 0 Å².